The van der Waals surface area contributed by atoms with Crippen molar-refractivity contribution in [1.29, 1.82) is 0 Å². The molecule has 0 radical (unpaired) electrons. The van der Waals surface area contributed by atoms with Crippen LogP contribution in [0.15, 0.2) is 24.5 Å². The number of hydrogen-bond donors (Lipinski definition) is 1. The van der Waals surface area contributed by atoms with Gasteiger partial charge < -0.3 is 14.8 Å². The van der Waals surface area contributed by atoms with E-state index in [0.29, 0.717) is 29.9 Å². The molecule has 6 heteroatoms. The first-order valence-electron chi connectivity index (χ1n) is 8.21. The average Bonchev–Trinajstić information content (AvgIpc) is 2.96. The lowest BCUT2D eigenvalue weighted by atomic mass is 9.94. The second kappa shape index (κ2) is 6.02. The Morgan fingerprint density at radius 1 is 1.22 bits per heavy atom. The van der Waals surface area contributed by atoms with Crippen LogP contribution < -0.4 is 5.32 Å². The van der Waals surface area contributed by atoms with Gasteiger partial charge in [0.1, 0.15) is 29.6 Å². The van der Waals surface area contributed by atoms with Crippen LogP contribution in [0, 0.1) is 5.82 Å². The number of anilines is 1. The molecule has 1 saturated carbocycles. The highest BCUT2D eigenvalue weighted by Crippen LogP contribution is 2.37. The van der Waals surface area contributed by atoms with Gasteiger partial charge in [-0.3, -0.25) is 0 Å². The van der Waals surface area contributed by atoms with Crippen molar-refractivity contribution in [2.45, 2.75) is 44.0 Å². The lowest BCUT2D eigenvalue weighted by molar-refractivity contribution is -0.185. The van der Waals surface area contributed by atoms with Crippen molar-refractivity contribution in [2.75, 3.05) is 18.5 Å². The summed E-state index contributed by atoms with van der Waals surface area (Å²) in [5.41, 5.74) is 0.331. The first kappa shape index (κ1) is 14.8. The molecule has 2 fully saturated rings. The predicted molar refractivity (Wildman–Crippen MR) is 84.6 cm³/mol. The summed E-state index contributed by atoms with van der Waals surface area (Å²) < 4.78 is 25.9. The van der Waals surface area contributed by atoms with Gasteiger partial charge in [-0.25, -0.2) is 14.4 Å². The number of rotatable bonds is 3. The van der Waals surface area contributed by atoms with E-state index in [-0.39, 0.29) is 17.7 Å². The Kier molecular flexibility index (Phi) is 3.87. The van der Waals surface area contributed by atoms with E-state index in [9.17, 15) is 4.39 Å². The second-order valence-electron chi connectivity index (χ2n) is 6.26. The minimum Gasteiger partial charge on any atom is -0.367 e. The zero-order valence-electron chi connectivity index (χ0n) is 12.9. The minimum absolute atomic E-state index is 0.00771. The molecule has 2 heterocycles. The van der Waals surface area contributed by atoms with Crippen LogP contribution in [0.4, 0.5) is 10.2 Å². The maximum Gasteiger partial charge on any atom is 0.168 e. The molecule has 2 aromatic rings. The maximum atomic E-state index is 13.8. The van der Waals surface area contributed by atoms with E-state index in [1.165, 1.54) is 18.8 Å². The summed E-state index contributed by atoms with van der Waals surface area (Å²) in [7, 11) is 0. The number of hydrogen-bond acceptors (Lipinski definition) is 5. The average molecular weight is 317 g/mol. The van der Waals surface area contributed by atoms with E-state index >= 15 is 0 Å². The fraction of sp³-hybridized carbons (Fsp3) is 0.529. The van der Waals surface area contributed by atoms with Crippen LogP contribution >= 0.6 is 0 Å². The second-order valence-corrected chi connectivity index (χ2v) is 6.26. The first-order chi connectivity index (χ1) is 11.3. The van der Waals surface area contributed by atoms with Crippen molar-refractivity contribution in [3.05, 3.63) is 30.3 Å². The van der Waals surface area contributed by atoms with Gasteiger partial charge in [0, 0.05) is 24.8 Å². The molecule has 1 unspecified atom stereocenters. The van der Waals surface area contributed by atoms with Gasteiger partial charge in [-0.2, -0.15) is 0 Å². The van der Waals surface area contributed by atoms with E-state index in [2.05, 4.69) is 15.3 Å². The van der Waals surface area contributed by atoms with Crippen molar-refractivity contribution < 1.29 is 13.9 Å². The molecule has 1 aliphatic heterocycles. The summed E-state index contributed by atoms with van der Waals surface area (Å²) in [5, 5.41) is 3.94. The number of benzene rings is 1. The van der Waals surface area contributed by atoms with E-state index in [0.717, 1.165) is 25.7 Å². The predicted octanol–water partition coefficient (Wildman–Crippen LogP) is 3.26. The number of halogens is 1. The molecule has 1 N–H and O–H groups in total. The van der Waals surface area contributed by atoms with Gasteiger partial charge in [0.2, 0.25) is 0 Å². The molecule has 1 saturated heterocycles. The maximum absolute atomic E-state index is 13.8. The molecule has 1 atom stereocenters. The Hall–Kier alpha value is -1.79. The van der Waals surface area contributed by atoms with Gasteiger partial charge in [0.25, 0.3) is 0 Å². The zero-order chi connectivity index (χ0) is 15.7. The van der Waals surface area contributed by atoms with E-state index in [4.69, 9.17) is 9.47 Å². The molecule has 1 spiro atoms. The standard InChI is InChI=1S/C17H20FN3O2/c18-14-6-4-5-13-15(14)20-11-21-16(13)19-9-12-10-22-17(23-12)7-2-1-3-8-17/h4-6,11-12H,1-3,7-10H2,(H,19,20,21). The number of nitrogens with zero attached hydrogens (tertiary/aromatic N) is 2. The zero-order valence-corrected chi connectivity index (χ0v) is 12.9. The van der Waals surface area contributed by atoms with Gasteiger partial charge >= 0.3 is 0 Å². The van der Waals surface area contributed by atoms with Gasteiger partial charge in [0.15, 0.2) is 5.79 Å². The molecule has 0 bridgehead atoms. The van der Waals surface area contributed by atoms with Gasteiger partial charge in [-0.1, -0.05) is 12.5 Å². The molecule has 1 aromatic heterocycles. The molecule has 1 aliphatic carbocycles. The van der Waals surface area contributed by atoms with Crippen molar-refractivity contribution in [1.82, 2.24) is 9.97 Å². The van der Waals surface area contributed by atoms with Crippen LogP contribution in [-0.2, 0) is 9.47 Å². The largest absolute Gasteiger partial charge is 0.367 e. The highest BCUT2D eigenvalue weighted by atomic mass is 19.1. The fourth-order valence-electron chi connectivity index (χ4n) is 3.47. The van der Waals surface area contributed by atoms with Crippen LogP contribution in [0.25, 0.3) is 10.9 Å². The number of para-hydroxylation sites is 1. The smallest absolute Gasteiger partial charge is 0.168 e. The summed E-state index contributed by atoms with van der Waals surface area (Å²) in [6, 6.07) is 4.88. The van der Waals surface area contributed by atoms with Crippen molar-refractivity contribution in [3.8, 4) is 0 Å². The minimum atomic E-state index is -0.371. The van der Waals surface area contributed by atoms with E-state index in [1.54, 1.807) is 6.07 Å². The number of nitrogens with one attached hydrogen (secondary N) is 1. The SMILES string of the molecule is Fc1cccc2c(NCC3COC4(CCCCC4)O3)ncnc12. The Morgan fingerprint density at radius 2 is 2.09 bits per heavy atom. The van der Waals surface area contributed by atoms with Crippen molar-refractivity contribution in [2.24, 2.45) is 0 Å². The normalized spacial score (nSPS) is 23.4. The van der Waals surface area contributed by atoms with Gasteiger partial charge in [0.05, 0.1) is 6.61 Å². The molecule has 122 valence electrons. The van der Waals surface area contributed by atoms with Crippen LogP contribution in [0.5, 0.6) is 0 Å². The van der Waals surface area contributed by atoms with Gasteiger partial charge in [-0.05, 0) is 25.0 Å². The first-order valence-corrected chi connectivity index (χ1v) is 8.21. The molecule has 4 rings (SSSR count). The Morgan fingerprint density at radius 3 is 2.96 bits per heavy atom. The monoisotopic (exact) mass is 317 g/mol. The third kappa shape index (κ3) is 2.88. The third-order valence-corrected chi connectivity index (χ3v) is 4.64. The molecule has 2 aliphatic rings. The number of ether oxygens (including phenoxy) is 2. The topological polar surface area (TPSA) is 56.3 Å². The molecular formula is C17H20FN3O2. The summed E-state index contributed by atoms with van der Waals surface area (Å²) in [6.07, 6.45) is 6.91. The van der Waals surface area contributed by atoms with Crippen LogP contribution in [0.1, 0.15) is 32.1 Å². The summed E-state index contributed by atoms with van der Waals surface area (Å²) in [6.45, 7) is 1.18. The Balaban J connectivity index is 1.45. The molecule has 23 heavy (non-hydrogen) atoms. The quantitative estimate of drug-likeness (QED) is 0.941. The lowest BCUT2D eigenvalue weighted by Gasteiger charge is -2.31. The molecule has 5 nitrogen and oxygen atoms in total. The lowest BCUT2D eigenvalue weighted by Crippen LogP contribution is -2.34. The molecule has 0 amide bonds. The van der Waals surface area contributed by atoms with Crippen LogP contribution in [0.2, 0.25) is 0 Å². The Bertz CT molecular complexity index is 703. The van der Waals surface area contributed by atoms with Crippen LogP contribution in [0.3, 0.4) is 0 Å². The summed E-state index contributed by atoms with van der Waals surface area (Å²) in [4.78, 5) is 8.24. The third-order valence-electron chi connectivity index (χ3n) is 4.64. The summed E-state index contributed by atoms with van der Waals surface area (Å²) in [5.74, 6) is -0.0815. The van der Waals surface area contributed by atoms with Gasteiger partial charge in [-0.15, -0.1) is 0 Å². The fourth-order valence-corrected chi connectivity index (χ4v) is 3.47. The van der Waals surface area contributed by atoms with Crippen molar-refractivity contribution >= 4 is 16.7 Å². The van der Waals surface area contributed by atoms with E-state index in [1.807, 2.05) is 6.07 Å². The highest BCUT2D eigenvalue weighted by Gasteiger charge is 2.42. The highest BCUT2D eigenvalue weighted by molar-refractivity contribution is 5.89. The molecule has 1 aromatic carbocycles. The summed E-state index contributed by atoms with van der Waals surface area (Å²) >= 11 is 0. The molecular weight excluding hydrogens is 297 g/mol. The number of aromatic nitrogens is 2. The van der Waals surface area contributed by atoms with Crippen LogP contribution in [-0.4, -0.2) is 35.0 Å². The number of fused-ring (bicyclic) bond motifs is 1. The Labute approximate surface area is 134 Å². The van der Waals surface area contributed by atoms with Crippen molar-refractivity contribution in [3.63, 3.8) is 0 Å². The van der Waals surface area contributed by atoms with E-state index < -0.39 is 0 Å².